The third-order valence-corrected chi connectivity index (χ3v) is 2.90. The minimum absolute atomic E-state index is 0.343. The molecule has 3 rings (SSSR count). The minimum Gasteiger partial charge on any atom is -0.454 e. The molecule has 5 heteroatoms. The molecule has 3 nitrogen and oxygen atoms in total. The van der Waals surface area contributed by atoms with Gasteiger partial charge in [0.15, 0.2) is 5.75 Å². The lowest BCUT2D eigenvalue weighted by Gasteiger charge is -2.02. The Kier molecular flexibility index (Phi) is 3.39. The molecule has 0 saturated carbocycles. The fourth-order valence-corrected chi connectivity index (χ4v) is 1.97. The summed E-state index contributed by atoms with van der Waals surface area (Å²) in [5.41, 5.74) is 0.826. The quantitative estimate of drug-likeness (QED) is 0.711. The number of halogens is 2. The van der Waals surface area contributed by atoms with Gasteiger partial charge in [-0.2, -0.15) is 5.10 Å². The lowest BCUT2D eigenvalue weighted by Crippen LogP contribution is -1.93. The summed E-state index contributed by atoms with van der Waals surface area (Å²) < 4.78 is 20.2. The van der Waals surface area contributed by atoms with Crippen LogP contribution in [0.3, 0.4) is 0 Å². The molecule has 0 radical (unpaired) electrons. The van der Waals surface area contributed by atoms with Crippen molar-refractivity contribution < 1.29 is 9.13 Å². The molecule has 0 aliphatic carbocycles. The van der Waals surface area contributed by atoms with Crippen LogP contribution in [0.2, 0.25) is 5.02 Å². The van der Waals surface area contributed by atoms with E-state index in [1.165, 1.54) is 12.1 Å². The SMILES string of the molecule is Fc1cccc(Oc2cnn(-c3cccc(Cl)c3)c2)c1. The van der Waals surface area contributed by atoms with Crippen LogP contribution in [0.15, 0.2) is 60.9 Å². The Morgan fingerprint density at radius 2 is 1.90 bits per heavy atom. The van der Waals surface area contributed by atoms with Gasteiger partial charge in [-0.15, -0.1) is 0 Å². The lowest BCUT2D eigenvalue weighted by molar-refractivity contribution is 0.476. The molecular weight excluding hydrogens is 279 g/mol. The Hall–Kier alpha value is -2.33. The van der Waals surface area contributed by atoms with E-state index in [9.17, 15) is 4.39 Å². The van der Waals surface area contributed by atoms with Crippen LogP contribution in [0.25, 0.3) is 5.69 Å². The first kappa shape index (κ1) is 12.7. The van der Waals surface area contributed by atoms with E-state index in [2.05, 4.69) is 5.10 Å². The number of rotatable bonds is 3. The summed E-state index contributed by atoms with van der Waals surface area (Å²) in [5.74, 6) is 0.607. The highest BCUT2D eigenvalue weighted by Crippen LogP contribution is 2.23. The van der Waals surface area contributed by atoms with E-state index in [0.717, 1.165) is 5.69 Å². The highest BCUT2D eigenvalue weighted by atomic mass is 35.5. The molecule has 20 heavy (non-hydrogen) atoms. The predicted molar refractivity (Wildman–Crippen MR) is 75.0 cm³/mol. The summed E-state index contributed by atoms with van der Waals surface area (Å²) in [4.78, 5) is 0. The average Bonchev–Trinajstić information content (AvgIpc) is 2.87. The van der Waals surface area contributed by atoms with Crippen LogP contribution in [-0.2, 0) is 0 Å². The maximum Gasteiger partial charge on any atom is 0.165 e. The molecule has 0 N–H and O–H groups in total. The molecule has 0 saturated heterocycles. The number of benzene rings is 2. The Morgan fingerprint density at radius 3 is 2.70 bits per heavy atom. The van der Waals surface area contributed by atoms with Gasteiger partial charge in [-0.25, -0.2) is 9.07 Å². The zero-order chi connectivity index (χ0) is 13.9. The molecule has 1 heterocycles. The second-order valence-electron chi connectivity index (χ2n) is 4.16. The van der Waals surface area contributed by atoms with Crippen molar-refractivity contribution in [3.63, 3.8) is 0 Å². The monoisotopic (exact) mass is 288 g/mol. The largest absolute Gasteiger partial charge is 0.454 e. The second kappa shape index (κ2) is 5.35. The Morgan fingerprint density at radius 1 is 1.05 bits per heavy atom. The Balaban J connectivity index is 1.84. The van der Waals surface area contributed by atoms with Crippen LogP contribution in [0, 0.1) is 5.82 Å². The van der Waals surface area contributed by atoms with Gasteiger partial charge in [0.2, 0.25) is 0 Å². The smallest absolute Gasteiger partial charge is 0.165 e. The molecule has 1 aromatic heterocycles. The molecule has 100 valence electrons. The first-order valence-electron chi connectivity index (χ1n) is 5.95. The topological polar surface area (TPSA) is 27.1 Å². The Labute approximate surface area is 120 Å². The van der Waals surface area contributed by atoms with Gasteiger partial charge in [0.05, 0.1) is 18.1 Å². The van der Waals surface area contributed by atoms with Gasteiger partial charge >= 0.3 is 0 Å². The molecule has 0 spiro atoms. The Bertz CT molecular complexity index is 742. The van der Waals surface area contributed by atoms with Gasteiger partial charge in [0.25, 0.3) is 0 Å². The number of nitrogens with zero attached hydrogens (tertiary/aromatic N) is 2. The van der Waals surface area contributed by atoms with Crippen LogP contribution in [0.5, 0.6) is 11.5 Å². The highest BCUT2D eigenvalue weighted by Gasteiger charge is 2.04. The highest BCUT2D eigenvalue weighted by molar-refractivity contribution is 6.30. The third-order valence-electron chi connectivity index (χ3n) is 2.66. The summed E-state index contributed by atoms with van der Waals surface area (Å²) >= 11 is 5.93. The van der Waals surface area contributed by atoms with Crippen LogP contribution in [0.4, 0.5) is 4.39 Å². The molecule has 0 atom stereocenters. The first-order valence-corrected chi connectivity index (χ1v) is 6.32. The molecule has 0 amide bonds. The molecular formula is C15H10ClFN2O. The maximum atomic E-state index is 13.1. The van der Waals surface area contributed by atoms with Crippen molar-refractivity contribution in [1.29, 1.82) is 0 Å². The molecule has 0 unspecified atom stereocenters. The molecule has 0 aliphatic heterocycles. The van der Waals surface area contributed by atoms with Gasteiger partial charge in [-0.1, -0.05) is 23.7 Å². The normalized spacial score (nSPS) is 10.5. The first-order chi connectivity index (χ1) is 9.70. The van der Waals surface area contributed by atoms with Crippen molar-refractivity contribution in [3.05, 3.63) is 71.8 Å². The van der Waals surface area contributed by atoms with Crippen molar-refractivity contribution in [2.75, 3.05) is 0 Å². The van der Waals surface area contributed by atoms with Crippen molar-refractivity contribution in [3.8, 4) is 17.2 Å². The zero-order valence-corrected chi connectivity index (χ0v) is 11.1. The molecule has 0 fully saturated rings. The standard InChI is InChI=1S/C15H10ClFN2O/c16-11-3-1-5-13(7-11)19-10-15(9-18-19)20-14-6-2-4-12(17)8-14/h1-10H. The van der Waals surface area contributed by atoms with Crippen LogP contribution in [0.1, 0.15) is 0 Å². The summed E-state index contributed by atoms with van der Waals surface area (Å²) in [6.45, 7) is 0. The van der Waals surface area contributed by atoms with Gasteiger partial charge in [-0.3, -0.25) is 0 Å². The fraction of sp³-hybridized carbons (Fsp3) is 0. The number of hydrogen-bond acceptors (Lipinski definition) is 2. The van der Waals surface area contributed by atoms with E-state index < -0.39 is 0 Å². The van der Waals surface area contributed by atoms with E-state index in [0.29, 0.717) is 16.5 Å². The van der Waals surface area contributed by atoms with E-state index in [-0.39, 0.29) is 5.82 Å². The maximum absolute atomic E-state index is 13.1. The lowest BCUT2D eigenvalue weighted by atomic mass is 10.3. The van der Waals surface area contributed by atoms with Crippen molar-refractivity contribution in [2.45, 2.75) is 0 Å². The van der Waals surface area contributed by atoms with E-state index in [1.54, 1.807) is 41.3 Å². The molecule has 3 aromatic rings. The van der Waals surface area contributed by atoms with Crippen LogP contribution >= 0.6 is 11.6 Å². The van der Waals surface area contributed by atoms with Crippen LogP contribution in [-0.4, -0.2) is 9.78 Å². The average molecular weight is 289 g/mol. The van der Waals surface area contributed by atoms with Gasteiger partial charge in [0, 0.05) is 11.1 Å². The predicted octanol–water partition coefficient (Wildman–Crippen LogP) is 4.46. The summed E-state index contributed by atoms with van der Waals surface area (Å²) in [5, 5.41) is 4.82. The zero-order valence-electron chi connectivity index (χ0n) is 10.3. The van der Waals surface area contributed by atoms with Crippen molar-refractivity contribution in [2.24, 2.45) is 0 Å². The fourth-order valence-electron chi connectivity index (χ4n) is 1.79. The van der Waals surface area contributed by atoms with E-state index >= 15 is 0 Å². The molecule has 0 bridgehead atoms. The van der Waals surface area contributed by atoms with Gasteiger partial charge in [0.1, 0.15) is 11.6 Å². The third kappa shape index (κ3) is 2.81. The number of ether oxygens (including phenoxy) is 1. The van der Waals surface area contributed by atoms with Crippen molar-refractivity contribution in [1.82, 2.24) is 9.78 Å². The van der Waals surface area contributed by atoms with Crippen molar-refractivity contribution >= 4 is 11.6 Å². The molecule has 2 aromatic carbocycles. The minimum atomic E-state index is -0.343. The summed E-state index contributed by atoms with van der Waals surface area (Å²) in [6.07, 6.45) is 3.27. The number of hydrogen-bond donors (Lipinski definition) is 0. The van der Waals surface area contributed by atoms with E-state index in [4.69, 9.17) is 16.3 Å². The molecule has 0 aliphatic rings. The van der Waals surface area contributed by atoms with Gasteiger partial charge in [-0.05, 0) is 30.3 Å². The second-order valence-corrected chi connectivity index (χ2v) is 4.60. The summed E-state index contributed by atoms with van der Waals surface area (Å²) in [7, 11) is 0. The number of aromatic nitrogens is 2. The summed E-state index contributed by atoms with van der Waals surface area (Å²) in [6, 6.07) is 13.3. The van der Waals surface area contributed by atoms with Crippen LogP contribution < -0.4 is 4.74 Å². The van der Waals surface area contributed by atoms with Gasteiger partial charge < -0.3 is 4.74 Å². The van der Waals surface area contributed by atoms with E-state index in [1.807, 2.05) is 12.1 Å².